The molecule has 0 saturated heterocycles. The number of hydrogen-bond acceptors (Lipinski definition) is 2. The molecule has 0 saturated carbocycles. The number of rotatable bonds is 3. The average Bonchev–Trinajstić information content (AvgIpc) is 2.11. The van der Waals surface area contributed by atoms with E-state index >= 15 is 0 Å². The zero-order valence-electron chi connectivity index (χ0n) is 7.55. The van der Waals surface area contributed by atoms with E-state index in [-0.39, 0.29) is 5.69 Å². The molecule has 1 aromatic carbocycles. The summed E-state index contributed by atoms with van der Waals surface area (Å²) in [4.78, 5) is 10.6. The van der Waals surface area contributed by atoms with E-state index in [2.05, 4.69) is 5.32 Å². The van der Waals surface area contributed by atoms with Gasteiger partial charge in [0, 0.05) is 0 Å². The predicted octanol–water partition coefficient (Wildman–Crippen LogP) is 1.25. The first-order valence-electron chi connectivity index (χ1n) is 4.02. The third-order valence-corrected chi connectivity index (χ3v) is 1.75. The number of carbonyl (C=O) groups excluding carboxylic acids is 1. The van der Waals surface area contributed by atoms with Gasteiger partial charge in [-0.15, -0.1) is 0 Å². The summed E-state index contributed by atoms with van der Waals surface area (Å²) in [6.07, 6.45) is 0. The van der Waals surface area contributed by atoms with E-state index < -0.39 is 23.6 Å². The van der Waals surface area contributed by atoms with Gasteiger partial charge in [0.15, 0.2) is 0 Å². The molecule has 0 aromatic heterocycles. The van der Waals surface area contributed by atoms with Crippen molar-refractivity contribution in [2.24, 2.45) is 5.73 Å². The summed E-state index contributed by atoms with van der Waals surface area (Å²) in [6, 6.07) is 2.62. The Morgan fingerprint density at radius 2 is 1.93 bits per heavy atom. The van der Waals surface area contributed by atoms with Crippen LogP contribution in [0.4, 0.5) is 14.5 Å². The van der Waals surface area contributed by atoms with Crippen LogP contribution >= 0.6 is 0 Å². The van der Waals surface area contributed by atoms with Gasteiger partial charge in [0.05, 0.1) is 0 Å². The van der Waals surface area contributed by atoms with Crippen molar-refractivity contribution in [3.8, 4) is 0 Å². The van der Waals surface area contributed by atoms with Gasteiger partial charge in [-0.3, -0.25) is 4.79 Å². The Hall–Kier alpha value is -1.65. The Bertz CT molecular complexity index is 334. The van der Waals surface area contributed by atoms with E-state index in [0.717, 1.165) is 12.1 Å². The molecule has 3 nitrogen and oxygen atoms in total. The van der Waals surface area contributed by atoms with Gasteiger partial charge in [-0.1, -0.05) is 6.07 Å². The fraction of sp³-hybridized carbons (Fsp3) is 0.222. The first-order chi connectivity index (χ1) is 6.52. The molecule has 14 heavy (non-hydrogen) atoms. The number of carbonyl (C=O) groups is 1. The minimum absolute atomic E-state index is 0.334. The number of anilines is 1. The number of primary amides is 1. The molecule has 0 radical (unpaired) electrons. The lowest BCUT2D eigenvalue weighted by molar-refractivity contribution is -0.118. The Balaban J connectivity index is 2.91. The van der Waals surface area contributed by atoms with Crippen molar-refractivity contribution >= 4 is 11.6 Å². The van der Waals surface area contributed by atoms with Crippen LogP contribution in [0.15, 0.2) is 18.2 Å². The lowest BCUT2D eigenvalue weighted by Crippen LogP contribution is -2.33. The zero-order chi connectivity index (χ0) is 10.7. The second-order valence-corrected chi connectivity index (χ2v) is 2.87. The van der Waals surface area contributed by atoms with Crippen LogP contribution in [-0.2, 0) is 4.79 Å². The number of amides is 1. The molecule has 1 amide bonds. The largest absolute Gasteiger partial charge is 0.369 e. The third kappa shape index (κ3) is 2.18. The molecule has 0 fully saturated rings. The van der Waals surface area contributed by atoms with Gasteiger partial charge < -0.3 is 11.1 Å². The highest BCUT2D eigenvalue weighted by atomic mass is 19.1. The van der Waals surface area contributed by atoms with Crippen molar-refractivity contribution in [1.82, 2.24) is 0 Å². The normalized spacial score (nSPS) is 12.2. The summed E-state index contributed by atoms with van der Waals surface area (Å²) < 4.78 is 26.0. The Kier molecular flexibility index (Phi) is 3.01. The Labute approximate surface area is 79.9 Å². The van der Waals surface area contributed by atoms with Crippen molar-refractivity contribution in [2.45, 2.75) is 13.0 Å². The average molecular weight is 200 g/mol. The van der Waals surface area contributed by atoms with Gasteiger partial charge in [-0.05, 0) is 19.1 Å². The maximum absolute atomic E-state index is 13.0. The van der Waals surface area contributed by atoms with E-state index in [9.17, 15) is 13.6 Å². The van der Waals surface area contributed by atoms with Crippen LogP contribution < -0.4 is 11.1 Å². The topological polar surface area (TPSA) is 55.1 Å². The summed E-state index contributed by atoms with van der Waals surface area (Å²) in [5.74, 6) is -2.18. The van der Waals surface area contributed by atoms with Gasteiger partial charge >= 0.3 is 0 Å². The highest BCUT2D eigenvalue weighted by molar-refractivity contribution is 5.82. The van der Waals surface area contributed by atoms with Crippen LogP contribution in [0.2, 0.25) is 0 Å². The molecule has 1 atom stereocenters. The second kappa shape index (κ2) is 4.04. The smallest absolute Gasteiger partial charge is 0.239 e. The van der Waals surface area contributed by atoms with E-state index in [1.807, 2.05) is 0 Å². The molecule has 1 aromatic rings. The number of nitrogens with two attached hydrogens (primary N) is 1. The molecule has 0 heterocycles. The van der Waals surface area contributed by atoms with E-state index in [1.165, 1.54) is 13.0 Å². The number of nitrogens with one attached hydrogen (secondary N) is 1. The lowest BCUT2D eigenvalue weighted by atomic mass is 10.2. The van der Waals surface area contributed by atoms with Gasteiger partial charge in [0.25, 0.3) is 0 Å². The molecule has 0 aliphatic rings. The maximum Gasteiger partial charge on any atom is 0.239 e. The van der Waals surface area contributed by atoms with Crippen LogP contribution in [0.25, 0.3) is 0 Å². The van der Waals surface area contributed by atoms with E-state index in [1.54, 1.807) is 0 Å². The SMILES string of the molecule is CC(Nc1c(F)cccc1F)C(N)=O. The number of hydrogen-bond donors (Lipinski definition) is 2. The molecular formula is C9H10F2N2O. The maximum atomic E-state index is 13.0. The number of benzene rings is 1. The third-order valence-electron chi connectivity index (χ3n) is 1.75. The Morgan fingerprint density at radius 1 is 1.43 bits per heavy atom. The van der Waals surface area contributed by atoms with Gasteiger partial charge in [-0.2, -0.15) is 0 Å². The van der Waals surface area contributed by atoms with Crippen molar-refractivity contribution in [3.63, 3.8) is 0 Å². The summed E-state index contributed by atoms with van der Waals surface area (Å²) >= 11 is 0. The minimum atomic E-state index is -0.818. The van der Waals surface area contributed by atoms with Crippen LogP contribution in [0.5, 0.6) is 0 Å². The van der Waals surface area contributed by atoms with Crippen molar-refractivity contribution in [1.29, 1.82) is 0 Å². The van der Waals surface area contributed by atoms with Crippen molar-refractivity contribution < 1.29 is 13.6 Å². The molecule has 0 bridgehead atoms. The van der Waals surface area contributed by atoms with Crippen molar-refractivity contribution in [2.75, 3.05) is 5.32 Å². The van der Waals surface area contributed by atoms with Crippen LogP contribution in [0.3, 0.4) is 0 Å². The van der Waals surface area contributed by atoms with E-state index in [4.69, 9.17) is 5.73 Å². The fourth-order valence-electron chi connectivity index (χ4n) is 0.923. The van der Waals surface area contributed by atoms with Crippen LogP contribution in [0, 0.1) is 11.6 Å². The van der Waals surface area contributed by atoms with E-state index in [0.29, 0.717) is 0 Å². The molecule has 1 unspecified atom stereocenters. The molecule has 0 spiro atoms. The number of para-hydroxylation sites is 1. The van der Waals surface area contributed by atoms with Crippen molar-refractivity contribution in [3.05, 3.63) is 29.8 Å². The molecule has 3 N–H and O–H groups in total. The zero-order valence-corrected chi connectivity index (χ0v) is 7.55. The molecule has 0 aliphatic carbocycles. The summed E-state index contributed by atoms with van der Waals surface area (Å²) in [6.45, 7) is 1.42. The highest BCUT2D eigenvalue weighted by Crippen LogP contribution is 2.18. The standard InChI is InChI=1S/C9H10F2N2O/c1-5(9(12)14)13-8-6(10)3-2-4-7(8)11/h2-5,13H,1H3,(H2,12,14). The fourth-order valence-corrected chi connectivity index (χ4v) is 0.923. The monoisotopic (exact) mass is 200 g/mol. The molecular weight excluding hydrogens is 190 g/mol. The van der Waals surface area contributed by atoms with Gasteiger partial charge in [0.2, 0.25) is 5.91 Å². The minimum Gasteiger partial charge on any atom is -0.369 e. The van der Waals surface area contributed by atoms with Gasteiger partial charge in [0.1, 0.15) is 23.4 Å². The predicted molar refractivity (Wildman–Crippen MR) is 48.6 cm³/mol. The summed E-state index contributed by atoms with van der Waals surface area (Å²) in [5, 5.41) is 2.35. The molecule has 76 valence electrons. The molecule has 0 aliphatic heterocycles. The Morgan fingerprint density at radius 3 is 2.36 bits per heavy atom. The lowest BCUT2D eigenvalue weighted by Gasteiger charge is -2.12. The first kappa shape index (κ1) is 10.4. The summed E-state index contributed by atoms with van der Waals surface area (Å²) in [7, 11) is 0. The molecule has 1 rings (SSSR count). The van der Waals surface area contributed by atoms with Gasteiger partial charge in [-0.25, -0.2) is 8.78 Å². The second-order valence-electron chi connectivity index (χ2n) is 2.87. The summed E-state index contributed by atoms with van der Waals surface area (Å²) in [5.41, 5.74) is 4.60. The molecule has 5 heteroatoms. The van der Waals surface area contributed by atoms with Crippen LogP contribution in [0.1, 0.15) is 6.92 Å². The quantitative estimate of drug-likeness (QED) is 0.771. The first-order valence-corrected chi connectivity index (χ1v) is 4.02. The number of halogens is 2. The van der Waals surface area contributed by atoms with Crippen LogP contribution in [-0.4, -0.2) is 11.9 Å². The highest BCUT2D eigenvalue weighted by Gasteiger charge is 2.13.